The second-order valence-corrected chi connectivity index (χ2v) is 12.0. The van der Waals surface area contributed by atoms with Crippen LogP contribution in [0.15, 0.2) is 45.7 Å². The van der Waals surface area contributed by atoms with Gasteiger partial charge in [-0.15, -0.1) is 5.10 Å². The monoisotopic (exact) mass is 562 g/mol. The molecule has 3 heterocycles. The van der Waals surface area contributed by atoms with E-state index in [-0.39, 0.29) is 40.6 Å². The third kappa shape index (κ3) is 5.39. The zero-order chi connectivity index (χ0) is 27.0. The van der Waals surface area contributed by atoms with E-state index in [1.165, 1.54) is 11.0 Å². The fourth-order valence-electron chi connectivity index (χ4n) is 4.84. The predicted molar refractivity (Wildman–Crippen MR) is 141 cm³/mol. The Hall–Kier alpha value is -3.06. The summed E-state index contributed by atoms with van der Waals surface area (Å²) in [5.41, 5.74) is 6.52. The topological polar surface area (TPSA) is 135 Å². The molecule has 2 aliphatic heterocycles. The lowest BCUT2D eigenvalue weighted by molar-refractivity contribution is -0.119. The predicted octanol–water partition coefficient (Wildman–Crippen LogP) is 3.07. The van der Waals surface area contributed by atoms with E-state index >= 15 is 4.39 Å². The molecule has 202 valence electrons. The number of nitrogens with one attached hydrogen (secondary N) is 1. The molecule has 10 nitrogen and oxygen atoms in total. The number of benzene rings is 2. The van der Waals surface area contributed by atoms with Crippen molar-refractivity contribution in [3.8, 4) is 11.5 Å². The smallest absolute Gasteiger partial charge is 0.316 e. The number of aromatic nitrogens is 2. The van der Waals surface area contributed by atoms with Crippen LogP contribution in [0.25, 0.3) is 11.5 Å². The Labute approximate surface area is 224 Å². The normalized spacial score (nSPS) is 21.7. The van der Waals surface area contributed by atoms with Gasteiger partial charge >= 0.3 is 6.01 Å². The van der Waals surface area contributed by atoms with Crippen molar-refractivity contribution in [2.24, 2.45) is 5.73 Å². The average molecular weight is 563 g/mol. The van der Waals surface area contributed by atoms with Crippen LogP contribution in [0.1, 0.15) is 25.3 Å². The van der Waals surface area contributed by atoms with Crippen molar-refractivity contribution in [2.45, 2.75) is 43.3 Å². The highest BCUT2D eigenvalue weighted by atomic mass is 35.5. The highest BCUT2D eigenvalue weighted by molar-refractivity contribution is 7.91. The van der Waals surface area contributed by atoms with Crippen LogP contribution in [0.3, 0.4) is 0 Å². The molecular weight excluding hydrogens is 535 g/mol. The molecule has 1 fully saturated rings. The number of hydrogen-bond acceptors (Lipinski definition) is 9. The molecule has 0 radical (unpaired) electrons. The third-order valence-electron chi connectivity index (χ3n) is 6.85. The molecule has 2 aliphatic rings. The van der Waals surface area contributed by atoms with Gasteiger partial charge in [0.25, 0.3) is 5.89 Å². The van der Waals surface area contributed by atoms with E-state index < -0.39 is 33.4 Å². The number of likely N-dealkylation sites (tertiary alicyclic amines) is 1. The van der Waals surface area contributed by atoms with Gasteiger partial charge in [-0.1, -0.05) is 35.8 Å². The summed E-state index contributed by atoms with van der Waals surface area (Å²) in [6.45, 7) is 4.89. The number of carbonyl (C=O) groups is 1. The molecule has 3 aromatic rings. The van der Waals surface area contributed by atoms with Gasteiger partial charge in [0.15, 0.2) is 9.84 Å². The summed E-state index contributed by atoms with van der Waals surface area (Å²) in [4.78, 5) is 16.5. The number of carbonyl (C=O) groups excluding carboxylic acids is 1. The van der Waals surface area contributed by atoms with Crippen LogP contribution >= 0.6 is 11.6 Å². The van der Waals surface area contributed by atoms with Gasteiger partial charge in [-0.25, -0.2) is 12.8 Å². The average Bonchev–Trinajstić information content (AvgIpc) is 3.33. The summed E-state index contributed by atoms with van der Waals surface area (Å²) in [6.07, 6.45) is 1.96. The maximum atomic E-state index is 15.3. The molecule has 0 spiro atoms. The van der Waals surface area contributed by atoms with Crippen molar-refractivity contribution >= 4 is 39.0 Å². The molecule has 1 unspecified atom stereocenters. The zero-order valence-corrected chi connectivity index (χ0v) is 22.3. The Bertz CT molecular complexity index is 1450. The Morgan fingerprint density at radius 2 is 2.00 bits per heavy atom. The first-order valence-corrected chi connectivity index (χ1v) is 14.4. The van der Waals surface area contributed by atoms with E-state index in [0.717, 1.165) is 38.5 Å². The largest absolute Gasteiger partial charge is 0.403 e. The summed E-state index contributed by atoms with van der Waals surface area (Å²) >= 11 is 5.98. The quantitative estimate of drug-likeness (QED) is 0.464. The van der Waals surface area contributed by atoms with E-state index in [9.17, 15) is 13.2 Å². The Balaban J connectivity index is 1.51. The van der Waals surface area contributed by atoms with Crippen LogP contribution in [-0.2, 0) is 21.2 Å². The molecule has 0 saturated carbocycles. The number of piperidine rings is 1. The van der Waals surface area contributed by atoms with Crippen molar-refractivity contribution in [3.05, 3.63) is 52.8 Å². The number of fused-ring (bicyclic) bond motifs is 1. The maximum absolute atomic E-state index is 15.3. The molecule has 5 rings (SSSR count). The first-order chi connectivity index (χ1) is 18.1. The maximum Gasteiger partial charge on any atom is 0.316 e. The minimum atomic E-state index is -4.07. The van der Waals surface area contributed by atoms with Crippen LogP contribution in [0.4, 0.5) is 16.1 Å². The number of rotatable bonds is 6. The number of hydrogen-bond donors (Lipinski definition) is 2. The summed E-state index contributed by atoms with van der Waals surface area (Å²) in [7, 11) is -4.07. The number of likely N-dealkylation sites (N-methyl/N-ethyl adjacent to an activating group) is 1. The molecule has 1 amide bonds. The minimum Gasteiger partial charge on any atom is -0.403 e. The molecule has 0 aliphatic carbocycles. The Morgan fingerprint density at radius 1 is 1.24 bits per heavy atom. The van der Waals surface area contributed by atoms with Gasteiger partial charge in [0.05, 0.1) is 34.5 Å². The number of amides is 1. The standard InChI is InChI=1S/C25H28ClFN6O4S/c1-2-32-9-3-4-17(13-32)29-25-31-30-23(37-25)18-10-21-22(11-19(18)27)38(35,36)14-20(28)24(34)33(21)12-15-5-7-16(26)8-6-15/h5-8,10-11,17,20H,2-4,9,12-14,28H2,1H3,(H,29,31)/t17?,20-/m0/s1. The molecule has 13 heteroatoms. The van der Waals surface area contributed by atoms with Crippen molar-refractivity contribution in [1.29, 1.82) is 0 Å². The van der Waals surface area contributed by atoms with Gasteiger partial charge in [-0.2, -0.15) is 0 Å². The third-order valence-corrected chi connectivity index (χ3v) is 8.89. The SMILES string of the molecule is CCN1CCCC(Nc2nnc(-c3cc4c(cc3F)S(=O)(=O)C[C@H](N)C(=O)N4Cc3ccc(Cl)cc3)o2)C1. The molecule has 1 saturated heterocycles. The summed E-state index contributed by atoms with van der Waals surface area (Å²) in [5.74, 6) is -2.25. The van der Waals surface area contributed by atoms with Crippen molar-refractivity contribution < 1.29 is 22.0 Å². The van der Waals surface area contributed by atoms with Gasteiger partial charge in [0, 0.05) is 17.6 Å². The van der Waals surface area contributed by atoms with Crippen molar-refractivity contribution in [2.75, 3.05) is 35.6 Å². The first kappa shape index (κ1) is 26.5. The Morgan fingerprint density at radius 3 is 2.74 bits per heavy atom. The number of nitrogens with zero attached hydrogens (tertiary/aromatic N) is 4. The Kier molecular flexibility index (Phi) is 7.40. The lowest BCUT2D eigenvalue weighted by atomic mass is 10.1. The van der Waals surface area contributed by atoms with Crippen LogP contribution < -0.4 is 16.0 Å². The second-order valence-electron chi connectivity index (χ2n) is 9.53. The summed E-state index contributed by atoms with van der Waals surface area (Å²) in [5, 5.41) is 11.7. The number of nitrogens with two attached hydrogens (primary N) is 1. The van der Waals surface area contributed by atoms with Gasteiger partial charge in [0.1, 0.15) is 5.82 Å². The van der Waals surface area contributed by atoms with Crippen LogP contribution in [0.5, 0.6) is 0 Å². The molecule has 1 aromatic heterocycles. The number of halogens is 2. The molecule has 0 bridgehead atoms. The first-order valence-electron chi connectivity index (χ1n) is 12.3. The lowest BCUT2D eigenvalue weighted by Crippen LogP contribution is -2.45. The second kappa shape index (κ2) is 10.6. The van der Waals surface area contributed by atoms with Crippen LogP contribution in [0, 0.1) is 5.82 Å². The summed E-state index contributed by atoms with van der Waals surface area (Å²) in [6, 6.07) is 7.81. The minimum absolute atomic E-state index is 0.00351. The van der Waals surface area contributed by atoms with E-state index in [1.807, 2.05) is 0 Å². The molecule has 38 heavy (non-hydrogen) atoms. The molecule has 3 N–H and O–H groups in total. The number of sulfone groups is 1. The van der Waals surface area contributed by atoms with Gasteiger partial charge in [-0.3, -0.25) is 4.79 Å². The molecule has 2 aromatic carbocycles. The number of anilines is 2. The molecular formula is C25H28ClFN6O4S. The van der Waals surface area contributed by atoms with E-state index in [0.29, 0.717) is 10.6 Å². The van der Waals surface area contributed by atoms with E-state index in [2.05, 4.69) is 27.3 Å². The van der Waals surface area contributed by atoms with Crippen LogP contribution in [-0.4, -0.2) is 66.9 Å². The summed E-state index contributed by atoms with van der Waals surface area (Å²) < 4.78 is 47.2. The van der Waals surface area contributed by atoms with Crippen LogP contribution in [0.2, 0.25) is 5.02 Å². The van der Waals surface area contributed by atoms with Crippen molar-refractivity contribution in [3.63, 3.8) is 0 Å². The zero-order valence-electron chi connectivity index (χ0n) is 20.7. The highest BCUT2D eigenvalue weighted by Crippen LogP contribution is 2.37. The van der Waals surface area contributed by atoms with Gasteiger partial charge in [-0.05, 0) is 55.8 Å². The van der Waals surface area contributed by atoms with Crippen molar-refractivity contribution in [1.82, 2.24) is 15.1 Å². The van der Waals surface area contributed by atoms with E-state index in [1.54, 1.807) is 24.3 Å². The van der Waals surface area contributed by atoms with Gasteiger partial charge < -0.3 is 25.3 Å². The lowest BCUT2D eigenvalue weighted by Gasteiger charge is -2.31. The fourth-order valence-corrected chi connectivity index (χ4v) is 6.54. The fraction of sp³-hybridized carbons (Fsp3) is 0.400. The highest BCUT2D eigenvalue weighted by Gasteiger charge is 2.37. The van der Waals surface area contributed by atoms with E-state index in [4.69, 9.17) is 21.8 Å². The van der Waals surface area contributed by atoms with Gasteiger partial charge in [0.2, 0.25) is 5.91 Å². The molecule has 2 atom stereocenters.